The molecule has 0 aliphatic heterocycles. The lowest BCUT2D eigenvalue weighted by molar-refractivity contribution is 0.0549. The van der Waals surface area contributed by atoms with Gasteiger partial charge in [-0.05, 0) is 24.6 Å². The van der Waals surface area contributed by atoms with E-state index in [-0.39, 0.29) is 12.4 Å². The third-order valence-electron chi connectivity index (χ3n) is 2.32. The Bertz CT molecular complexity index is 309. The average Bonchev–Trinajstić information content (AvgIpc) is 2.16. The molecule has 1 aromatic rings. The summed E-state index contributed by atoms with van der Waals surface area (Å²) in [5, 5.41) is 14.1. The molecule has 2 N–H and O–H groups in total. The van der Waals surface area contributed by atoms with Gasteiger partial charge in [-0.15, -0.1) is 12.4 Å². The van der Waals surface area contributed by atoms with Crippen molar-refractivity contribution in [3.8, 4) is 0 Å². The summed E-state index contributed by atoms with van der Waals surface area (Å²) in [7, 11) is 0. The highest BCUT2D eigenvalue weighted by molar-refractivity contribution is 6.30. The van der Waals surface area contributed by atoms with Crippen molar-refractivity contribution in [3.05, 3.63) is 34.9 Å². The van der Waals surface area contributed by atoms with Crippen LogP contribution in [0, 0.1) is 0 Å². The molecule has 0 bridgehead atoms. The Hall–Kier alpha value is -0.280. The van der Waals surface area contributed by atoms with E-state index in [2.05, 4.69) is 19.2 Å². The van der Waals surface area contributed by atoms with Gasteiger partial charge in [-0.2, -0.15) is 0 Å². The first-order valence-electron chi connectivity index (χ1n) is 5.13. The monoisotopic (exact) mass is 263 g/mol. The Kier molecular flexibility index (Phi) is 6.34. The molecule has 0 aromatic heterocycles. The molecule has 1 rings (SSSR count). The van der Waals surface area contributed by atoms with Gasteiger partial charge in [-0.3, -0.25) is 0 Å². The summed E-state index contributed by atoms with van der Waals surface area (Å²) in [6.45, 7) is 6.44. The molecule has 92 valence electrons. The van der Waals surface area contributed by atoms with E-state index < -0.39 is 5.60 Å². The highest BCUT2D eigenvalue weighted by Crippen LogP contribution is 2.21. The Balaban J connectivity index is 0.00000225. The van der Waals surface area contributed by atoms with Crippen molar-refractivity contribution in [1.29, 1.82) is 0 Å². The molecular formula is C12H19Cl2NO. The van der Waals surface area contributed by atoms with Crippen LogP contribution in [0.1, 0.15) is 26.3 Å². The minimum absolute atomic E-state index is 0. The van der Waals surface area contributed by atoms with Crippen LogP contribution in [-0.2, 0) is 5.60 Å². The fourth-order valence-corrected chi connectivity index (χ4v) is 1.44. The lowest BCUT2D eigenvalue weighted by Crippen LogP contribution is -2.38. The third-order valence-corrected chi connectivity index (χ3v) is 2.57. The lowest BCUT2D eigenvalue weighted by Gasteiger charge is -2.25. The van der Waals surface area contributed by atoms with E-state index in [0.717, 1.165) is 5.56 Å². The van der Waals surface area contributed by atoms with Crippen LogP contribution >= 0.6 is 24.0 Å². The smallest absolute Gasteiger partial charge is 0.0992 e. The quantitative estimate of drug-likeness (QED) is 0.876. The highest BCUT2D eigenvalue weighted by atomic mass is 35.5. The molecule has 0 saturated heterocycles. The van der Waals surface area contributed by atoms with Gasteiger partial charge >= 0.3 is 0 Å². The molecule has 0 aliphatic carbocycles. The van der Waals surface area contributed by atoms with Crippen LogP contribution < -0.4 is 5.32 Å². The largest absolute Gasteiger partial charge is 0.384 e. The van der Waals surface area contributed by atoms with Crippen LogP contribution in [0.3, 0.4) is 0 Å². The fraction of sp³-hybridized carbons (Fsp3) is 0.500. The summed E-state index contributed by atoms with van der Waals surface area (Å²) in [6.07, 6.45) is 0. The van der Waals surface area contributed by atoms with E-state index in [4.69, 9.17) is 11.6 Å². The molecule has 1 aromatic carbocycles. The zero-order valence-electron chi connectivity index (χ0n) is 9.83. The molecule has 1 unspecified atom stereocenters. The van der Waals surface area contributed by atoms with Crippen molar-refractivity contribution in [2.24, 2.45) is 0 Å². The Morgan fingerprint density at radius 2 is 1.81 bits per heavy atom. The summed E-state index contributed by atoms with van der Waals surface area (Å²) >= 11 is 5.79. The van der Waals surface area contributed by atoms with Crippen LogP contribution in [-0.4, -0.2) is 17.7 Å². The third kappa shape index (κ3) is 4.71. The van der Waals surface area contributed by atoms with Gasteiger partial charge in [-0.25, -0.2) is 0 Å². The van der Waals surface area contributed by atoms with Crippen LogP contribution in [0.15, 0.2) is 24.3 Å². The Morgan fingerprint density at radius 1 is 1.31 bits per heavy atom. The summed E-state index contributed by atoms with van der Waals surface area (Å²) in [5.74, 6) is 0. The maximum atomic E-state index is 10.2. The van der Waals surface area contributed by atoms with Gasteiger partial charge in [0.25, 0.3) is 0 Å². The molecule has 2 nitrogen and oxygen atoms in total. The van der Waals surface area contributed by atoms with Crippen molar-refractivity contribution < 1.29 is 5.11 Å². The lowest BCUT2D eigenvalue weighted by atomic mass is 9.96. The van der Waals surface area contributed by atoms with Crippen molar-refractivity contribution in [3.63, 3.8) is 0 Å². The molecule has 16 heavy (non-hydrogen) atoms. The number of aliphatic hydroxyl groups is 1. The van der Waals surface area contributed by atoms with Crippen LogP contribution in [0.2, 0.25) is 5.02 Å². The second kappa shape index (κ2) is 6.45. The maximum Gasteiger partial charge on any atom is 0.0992 e. The molecule has 1 atom stereocenters. The van der Waals surface area contributed by atoms with Crippen molar-refractivity contribution >= 4 is 24.0 Å². The minimum Gasteiger partial charge on any atom is -0.384 e. The van der Waals surface area contributed by atoms with E-state index in [1.54, 1.807) is 19.1 Å². The molecule has 0 fully saturated rings. The molecule has 0 radical (unpaired) electrons. The van der Waals surface area contributed by atoms with Gasteiger partial charge in [0, 0.05) is 17.6 Å². The van der Waals surface area contributed by atoms with Crippen molar-refractivity contribution in [2.75, 3.05) is 6.54 Å². The predicted molar refractivity (Wildman–Crippen MR) is 71.4 cm³/mol. The van der Waals surface area contributed by atoms with E-state index in [0.29, 0.717) is 17.6 Å². The molecule has 0 aliphatic rings. The first kappa shape index (κ1) is 15.7. The zero-order chi connectivity index (χ0) is 11.5. The number of hydrogen-bond acceptors (Lipinski definition) is 2. The summed E-state index contributed by atoms with van der Waals surface area (Å²) in [4.78, 5) is 0. The van der Waals surface area contributed by atoms with Crippen LogP contribution in [0.25, 0.3) is 0 Å². The van der Waals surface area contributed by atoms with Crippen LogP contribution in [0.5, 0.6) is 0 Å². The molecule has 0 spiro atoms. The number of nitrogens with one attached hydrogen (secondary N) is 1. The molecule has 0 amide bonds. The zero-order valence-corrected chi connectivity index (χ0v) is 11.4. The van der Waals surface area contributed by atoms with E-state index in [9.17, 15) is 5.11 Å². The van der Waals surface area contributed by atoms with Crippen molar-refractivity contribution in [1.82, 2.24) is 5.32 Å². The molecule has 4 heteroatoms. The Labute approximate surface area is 108 Å². The molecule has 0 saturated carbocycles. The SMILES string of the molecule is CC(C)NCC(C)(O)c1ccc(Cl)cc1.Cl. The molecule has 0 heterocycles. The van der Waals surface area contributed by atoms with Gasteiger partial charge in [0.05, 0.1) is 5.60 Å². The fourth-order valence-electron chi connectivity index (χ4n) is 1.31. The van der Waals surface area contributed by atoms with Gasteiger partial charge in [0.15, 0.2) is 0 Å². The van der Waals surface area contributed by atoms with E-state index in [1.165, 1.54) is 0 Å². The first-order chi connectivity index (χ1) is 6.92. The first-order valence-corrected chi connectivity index (χ1v) is 5.51. The molecular weight excluding hydrogens is 245 g/mol. The number of hydrogen-bond donors (Lipinski definition) is 2. The normalized spacial score (nSPS) is 14.4. The van der Waals surface area contributed by atoms with Crippen molar-refractivity contribution in [2.45, 2.75) is 32.4 Å². The van der Waals surface area contributed by atoms with Gasteiger partial charge in [0.1, 0.15) is 0 Å². The van der Waals surface area contributed by atoms with Gasteiger partial charge in [0.2, 0.25) is 0 Å². The van der Waals surface area contributed by atoms with E-state index >= 15 is 0 Å². The number of rotatable bonds is 4. The number of halogens is 2. The minimum atomic E-state index is -0.852. The predicted octanol–water partition coefficient (Wildman–Crippen LogP) is 2.97. The second-order valence-electron chi connectivity index (χ2n) is 4.32. The Morgan fingerprint density at radius 3 is 2.25 bits per heavy atom. The highest BCUT2D eigenvalue weighted by Gasteiger charge is 2.22. The summed E-state index contributed by atoms with van der Waals surface area (Å²) in [6, 6.07) is 7.65. The maximum absolute atomic E-state index is 10.2. The summed E-state index contributed by atoms with van der Waals surface area (Å²) in [5.41, 5.74) is 0.0227. The average molecular weight is 264 g/mol. The summed E-state index contributed by atoms with van der Waals surface area (Å²) < 4.78 is 0. The second-order valence-corrected chi connectivity index (χ2v) is 4.75. The van der Waals surface area contributed by atoms with Gasteiger partial charge in [-0.1, -0.05) is 37.6 Å². The van der Waals surface area contributed by atoms with Crippen LogP contribution in [0.4, 0.5) is 0 Å². The van der Waals surface area contributed by atoms with Gasteiger partial charge < -0.3 is 10.4 Å². The number of benzene rings is 1. The topological polar surface area (TPSA) is 32.3 Å². The van der Waals surface area contributed by atoms with E-state index in [1.807, 2.05) is 12.1 Å². The standard InChI is InChI=1S/C12H18ClNO.ClH/c1-9(2)14-8-12(3,15)10-4-6-11(13)7-5-10;/h4-7,9,14-15H,8H2,1-3H3;1H.